The summed E-state index contributed by atoms with van der Waals surface area (Å²) in [5.41, 5.74) is 1.55. The second-order valence-electron chi connectivity index (χ2n) is 4.28. The Hall–Kier alpha value is -1.80. The number of rotatable bonds is 6. The van der Waals surface area contributed by atoms with Gasteiger partial charge in [0.15, 0.2) is 0 Å². The first-order valence-corrected chi connectivity index (χ1v) is 6.49. The minimum Gasteiger partial charge on any atom is -0.383 e. The van der Waals surface area contributed by atoms with E-state index in [4.69, 9.17) is 4.74 Å². The first-order valence-electron chi connectivity index (χ1n) is 6.49. The molecular formula is C14H21N3O2. The molecule has 0 amide bonds. The molecule has 1 aromatic rings. The number of pyridine rings is 1. The third-order valence-corrected chi connectivity index (χ3v) is 3.22. The summed E-state index contributed by atoms with van der Waals surface area (Å²) in [7, 11) is 1.59. The Morgan fingerprint density at radius 3 is 2.53 bits per heavy atom. The lowest BCUT2D eigenvalue weighted by atomic mass is 10.2. The van der Waals surface area contributed by atoms with Crippen molar-refractivity contribution in [2.24, 2.45) is 0 Å². The number of hydrogen-bond acceptors (Lipinski definition) is 4. The molecule has 5 heteroatoms. The van der Waals surface area contributed by atoms with Gasteiger partial charge in [0.05, 0.1) is 12.3 Å². The van der Waals surface area contributed by atoms with Gasteiger partial charge in [-0.05, 0) is 26.8 Å². The van der Waals surface area contributed by atoms with Crippen molar-refractivity contribution in [3.05, 3.63) is 27.7 Å². The maximum absolute atomic E-state index is 12.3. The molecule has 0 aliphatic carbocycles. The molecule has 0 aromatic carbocycles. The van der Waals surface area contributed by atoms with E-state index in [1.165, 1.54) is 0 Å². The Morgan fingerprint density at radius 1 is 1.42 bits per heavy atom. The highest BCUT2D eigenvalue weighted by Gasteiger charge is 2.16. The number of nitriles is 1. The predicted octanol–water partition coefficient (Wildman–Crippen LogP) is 1.52. The van der Waals surface area contributed by atoms with Crippen LogP contribution >= 0.6 is 0 Å². The zero-order valence-corrected chi connectivity index (χ0v) is 12.1. The average Bonchev–Trinajstić information content (AvgIpc) is 2.40. The summed E-state index contributed by atoms with van der Waals surface area (Å²) < 4.78 is 6.59. The Kier molecular flexibility index (Phi) is 5.58. The molecule has 0 atom stereocenters. The molecule has 19 heavy (non-hydrogen) atoms. The number of methoxy groups -OCH3 is 1. The van der Waals surface area contributed by atoms with Crippen molar-refractivity contribution in [3.63, 3.8) is 0 Å². The van der Waals surface area contributed by atoms with E-state index in [2.05, 4.69) is 0 Å². The molecule has 0 aliphatic rings. The molecule has 1 aromatic heterocycles. The molecule has 0 unspecified atom stereocenters. The summed E-state index contributed by atoms with van der Waals surface area (Å²) in [5.74, 6) is 0. The van der Waals surface area contributed by atoms with Gasteiger partial charge >= 0.3 is 0 Å². The van der Waals surface area contributed by atoms with Gasteiger partial charge in [-0.25, -0.2) is 0 Å². The van der Waals surface area contributed by atoms with Gasteiger partial charge in [0, 0.05) is 32.4 Å². The second-order valence-corrected chi connectivity index (χ2v) is 4.28. The molecule has 0 saturated heterocycles. The Morgan fingerprint density at radius 2 is 2.05 bits per heavy atom. The molecule has 0 radical (unpaired) electrons. The number of nitrogens with zero attached hydrogens (tertiary/aromatic N) is 3. The van der Waals surface area contributed by atoms with E-state index in [1.807, 2.05) is 37.8 Å². The minimum absolute atomic E-state index is 0.213. The minimum atomic E-state index is -0.235. The lowest BCUT2D eigenvalue weighted by Gasteiger charge is -2.23. The van der Waals surface area contributed by atoms with Crippen molar-refractivity contribution in [1.82, 2.24) is 4.57 Å². The number of aromatic nitrogens is 1. The lowest BCUT2D eigenvalue weighted by Crippen LogP contribution is -2.31. The number of aryl methyl sites for hydroxylation is 1. The molecule has 0 bridgehead atoms. The molecule has 5 nitrogen and oxygen atoms in total. The molecule has 1 rings (SSSR count). The second kappa shape index (κ2) is 6.95. The average molecular weight is 263 g/mol. The maximum atomic E-state index is 12.3. The quantitative estimate of drug-likeness (QED) is 0.781. The van der Waals surface area contributed by atoms with Gasteiger partial charge in [-0.1, -0.05) is 0 Å². The third-order valence-electron chi connectivity index (χ3n) is 3.22. The first kappa shape index (κ1) is 15.3. The van der Waals surface area contributed by atoms with Crippen LogP contribution in [-0.4, -0.2) is 31.4 Å². The smallest absolute Gasteiger partial charge is 0.270 e. The fourth-order valence-corrected chi connectivity index (χ4v) is 2.13. The summed E-state index contributed by atoms with van der Waals surface area (Å²) in [6, 6.07) is 3.95. The predicted molar refractivity (Wildman–Crippen MR) is 75.6 cm³/mol. The summed E-state index contributed by atoms with van der Waals surface area (Å²) in [4.78, 5) is 14.4. The maximum Gasteiger partial charge on any atom is 0.270 e. The van der Waals surface area contributed by atoms with Crippen molar-refractivity contribution < 1.29 is 4.74 Å². The van der Waals surface area contributed by atoms with Crippen molar-refractivity contribution in [3.8, 4) is 6.07 Å². The van der Waals surface area contributed by atoms with E-state index in [1.54, 1.807) is 11.7 Å². The van der Waals surface area contributed by atoms with Crippen LogP contribution in [0.5, 0.6) is 0 Å². The molecule has 0 N–H and O–H groups in total. The van der Waals surface area contributed by atoms with Crippen LogP contribution in [0.15, 0.2) is 10.9 Å². The van der Waals surface area contributed by atoms with Crippen LogP contribution in [0.2, 0.25) is 0 Å². The molecular weight excluding hydrogens is 242 g/mol. The molecule has 0 aliphatic heterocycles. The highest BCUT2D eigenvalue weighted by molar-refractivity contribution is 5.59. The van der Waals surface area contributed by atoms with Crippen LogP contribution in [0.3, 0.4) is 0 Å². The van der Waals surface area contributed by atoms with E-state index in [9.17, 15) is 10.1 Å². The van der Waals surface area contributed by atoms with Gasteiger partial charge in [-0.15, -0.1) is 0 Å². The lowest BCUT2D eigenvalue weighted by molar-refractivity contribution is 0.185. The van der Waals surface area contributed by atoms with Crippen LogP contribution in [0, 0.1) is 18.3 Å². The Bertz CT molecular complexity index is 525. The fraction of sp³-hybridized carbons (Fsp3) is 0.571. The van der Waals surface area contributed by atoms with Crippen molar-refractivity contribution >= 4 is 5.69 Å². The number of ether oxygens (including phenoxy) is 1. The van der Waals surface area contributed by atoms with Gasteiger partial charge in [0.2, 0.25) is 0 Å². The molecule has 0 saturated carbocycles. The molecule has 104 valence electrons. The van der Waals surface area contributed by atoms with Crippen LogP contribution in [-0.2, 0) is 11.3 Å². The molecule has 0 fully saturated rings. The standard InChI is InChI=1S/C14H21N3O2/c1-5-16(6-2)13-9-11(3)17(7-8-19-4)14(18)12(13)10-15/h9H,5-8H2,1-4H3. The Labute approximate surface area is 114 Å². The normalized spacial score (nSPS) is 10.3. The van der Waals surface area contributed by atoms with Crippen LogP contribution in [0.25, 0.3) is 0 Å². The fourth-order valence-electron chi connectivity index (χ4n) is 2.13. The zero-order chi connectivity index (χ0) is 14.4. The monoisotopic (exact) mass is 263 g/mol. The number of anilines is 1. The van der Waals surface area contributed by atoms with Crippen molar-refractivity contribution in [2.45, 2.75) is 27.3 Å². The van der Waals surface area contributed by atoms with Crippen LogP contribution in [0.4, 0.5) is 5.69 Å². The van der Waals surface area contributed by atoms with Crippen LogP contribution in [0.1, 0.15) is 25.1 Å². The van der Waals surface area contributed by atoms with Gasteiger partial charge in [0.1, 0.15) is 11.6 Å². The van der Waals surface area contributed by atoms with E-state index < -0.39 is 0 Å². The van der Waals surface area contributed by atoms with E-state index in [0.717, 1.165) is 24.5 Å². The summed E-state index contributed by atoms with van der Waals surface area (Å²) in [6.45, 7) is 8.36. The molecule has 1 heterocycles. The largest absolute Gasteiger partial charge is 0.383 e. The van der Waals surface area contributed by atoms with Gasteiger partial charge in [-0.3, -0.25) is 4.79 Å². The Balaban J connectivity index is 3.38. The highest BCUT2D eigenvalue weighted by atomic mass is 16.5. The third kappa shape index (κ3) is 3.15. The van der Waals surface area contributed by atoms with E-state index in [-0.39, 0.29) is 11.1 Å². The van der Waals surface area contributed by atoms with Gasteiger partial charge in [0.25, 0.3) is 5.56 Å². The summed E-state index contributed by atoms with van der Waals surface area (Å²) in [6.07, 6.45) is 0. The topological polar surface area (TPSA) is 58.3 Å². The van der Waals surface area contributed by atoms with Gasteiger partial charge < -0.3 is 14.2 Å². The SMILES string of the molecule is CCN(CC)c1cc(C)n(CCOC)c(=O)c1C#N. The first-order chi connectivity index (χ1) is 9.10. The zero-order valence-electron chi connectivity index (χ0n) is 12.1. The van der Waals surface area contributed by atoms with E-state index in [0.29, 0.717) is 13.2 Å². The number of hydrogen-bond donors (Lipinski definition) is 0. The molecule has 0 spiro atoms. The van der Waals surface area contributed by atoms with E-state index >= 15 is 0 Å². The van der Waals surface area contributed by atoms with Crippen LogP contribution < -0.4 is 10.5 Å². The highest BCUT2D eigenvalue weighted by Crippen LogP contribution is 2.18. The summed E-state index contributed by atoms with van der Waals surface area (Å²) >= 11 is 0. The van der Waals surface area contributed by atoms with Crippen molar-refractivity contribution in [1.29, 1.82) is 5.26 Å². The van der Waals surface area contributed by atoms with Gasteiger partial charge in [-0.2, -0.15) is 5.26 Å². The van der Waals surface area contributed by atoms with Crippen molar-refractivity contribution in [2.75, 3.05) is 31.7 Å². The summed E-state index contributed by atoms with van der Waals surface area (Å²) in [5, 5.41) is 9.26.